The zero-order chi connectivity index (χ0) is 20.1. The van der Waals surface area contributed by atoms with Crippen molar-refractivity contribution in [2.75, 3.05) is 20.3 Å². The van der Waals surface area contributed by atoms with Crippen LogP contribution in [-0.2, 0) is 16.6 Å². The van der Waals surface area contributed by atoms with Gasteiger partial charge < -0.3 is 25.0 Å². The topological polar surface area (TPSA) is 92.6 Å². The van der Waals surface area contributed by atoms with E-state index in [2.05, 4.69) is 10.6 Å². The molecule has 3 rings (SSSR count). The molecular formula is C21H29N3O4. The van der Waals surface area contributed by atoms with Gasteiger partial charge in [0.2, 0.25) is 5.91 Å². The lowest BCUT2D eigenvalue weighted by Crippen LogP contribution is -2.49. The Morgan fingerprint density at radius 3 is 2.79 bits per heavy atom. The van der Waals surface area contributed by atoms with E-state index in [0.29, 0.717) is 5.69 Å². The first kappa shape index (κ1) is 20.4. The number of benzene rings is 1. The summed E-state index contributed by atoms with van der Waals surface area (Å²) in [5.74, 6) is -0.581. The second-order valence-corrected chi connectivity index (χ2v) is 7.47. The molecule has 3 N–H and O–H groups in total. The van der Waals surface area contributed by atoms with Gasteiger partial charge in [-0.3, -0.25) is 9.59 Å². The summed E-state index contributed by atoms with van der Waals surface area (Å²) in [6, 6.07) is 9.53. The van der Waals surface area contributed by atoms with Gasteiger partial charge in [0, 0.05) is 37.6 Å². The number of aromatic nitrogens is 1. The fraction of sp³-hybridized carbons (Fsp3) is 0.524. The van der Waals surface area contributed by atoms with Crippen molar-refractivity contribution in [3.63, 3.8) is 0 Å². The van der Waals surface area contributed by atoms with Crippen LogP contribution < -0.4 is 10.6 Å². The van der Waals surface area contributed by atoms with Crippen molar-refractivity contribution in [1.82, 2.24) is 15.2 Å². The fourth-order valence-corrected chi connectivity index (χ4v) is 3.97. The van der Waals surface area contributed by atoms with Crippen LogP contribution in [0.1, 0.15) is 36.2 Å². The first-order chi connectivity index (χ1) is 13.5. The summed E-state index contributed by atoms with van der Waals surface area (Å²) < 4.78 is 6.76. The molecule has 7 nitrogen and oxygen atoms in total. The Morgan fingerprint density at radius 2 is 2.04 bits per heavy atom. The van der Waals surface area contributed by atoms with E-state index in [1.807, 2.05) is 41.9 Å². The van der Waals surface area contributed by atoms with Gasteiger partial charge in [0.15, 0.2) is 0 Å². The van der Waals surface area contributed by atoms with Crippen molar-refractivity contribution in [3.8, 4) is 0 Å². The Labute approximate surface area is 165 Å². The van der Waals surface area contributed by atoms with Crippen molar-refractivity contribution in [2.45, 2.75) is 37.8 Å². The summed E-state index contributed by atoms with van der Waals surface area (Å²) in [7, 11) is 3.38. The summed E-state index contributed by atoms with van der Waals surface area (Å²) in [5.41, 5.74) is 1.58. The van der Waals surface area contributed by atoms with Crippen LogP contribution in [0.2, 0.25) is 0 Å². The van der Waals surface area contributed by atoms with Gasteiger partial charge in [-0.25, -0.2) is 0 Å². The predicted molar refractivity (Wildman–Crippen MR) is 107 cm³/mol. The van der Waals surface area contributed by atoms with Gasteiger partial charge in [0.05, 0.1) is 18.6 Å². The highest BCUT2D eigenvalue weighted by Gasteiger charge is 2.32. The SMILES string of the molecule is COCC(O)CNC(=O)[C@@H]1CCCC[C@@H]1NC(=O)c1cc2ccccc2n1C. The number of aryl methyl sites for hydroxylation is 1. The number of fused-ring (bicyclic) bond motifs is 1. The zero-order valence-electron chi connectivity index (χ0n) is 16.5. The van der Waals surface area contributed by atoms with E-state index in [-0.39, 0.29) is 36.9 Å². The highest BCUT2D eigenvalue weighted by molar-refractivity contribution is 5.99. The maximum atomic E-state index is 12.9. The van der Waals surface area contributed by atoms with E-state index in [9.17, 15) is 14.7 Å². The number of hydrogen-bond donors (Lipinski definition) is 3. The molecule has 7 heteroatoms. The molecule has 2 amide bonds. The molecule has 0 bridgehead atoms. The minimum Gasteiger partial charge on any atom is -0.389 e. The van der Waals surface area contributed by atoms with E-state index in [4.69, 9.17) is 4.74 Å². The van der Waals surface area contributed by atoms with E-state index < -0.39 is 6.10 Å². The van der Waals surface area contributed by atoms with E-state index >= 15 is 0 Å². The molecule has 1 fully saturated rings. The molecule has 152 valence electrons. The zero-order valence-corrected chi connectivity index (χ0v) is 16.5. The van der Waals surface area contributed by atoms with Crippen LogP contribution in [-0.4, -0.2) is 53.9 Å². The van der Waals surface area contributed by atoms with E-state index in [0.717, 1.165) is 36.6 Å². The molecule has 0 radical (unpaired) electrons. The molecule has 1 saturated carbocycles. The normalized spacial score (nSPS) is 20.7. The lowest BCUT2D eigenvalue weighted by atomic mass is 9.83. The molecule has 1 aliphatic rings. The smallest absolute Gasteiger partial charge is 0.268 e. The van der Waals surface area contributed by atoms with Crippen LogP contribution in [0.15, 0.2) is 30.3 Å². The van der Waals surface area contributed by atoms with Crippen LogP contribution in [0.3, 0.4) is 0 Å². The Balaban J connectivity index is 1.67. The van der Waals surface area contributed by atoms with Crippen molar-refractivity contribution in [3.05, 3.63) is 36.0 Å². The fourth-order valence-electron chi connectivity index (χ4n) is 3.97. The number of amides is 2. The summed E-state index contributed by atoms with van der Waals surface area (Å²) in [4.78, 5) is 25.5. The second-order valence-electron chi connectivity index (χ2n) is 7.47. The lowest BCUT2D eigenvalue weighted by Gasteiger charge is -2.31. The molecule has 3 atom stereocenters. The molecule has 1 heterocycles. The monoisotopic (exact) mass is 387 g/mol. The largest absolute Gasteiger partial charge is 0.389 e. The minimum atomic E-state index is -0.735. The number of nitrogens with one attached hydrogen (secondary N) is 2. The van der Waals surface area contributed by atoms with Gasteiger partial charge in [-0.1, -0.05) is 31.0 Å². The summed E-state index contributed by atoms with van der Waals surface area (Å²) in [6.45, 7) is 0.319. The Morgan fingerprint density at radius 1 is 1.29 bits per heavy atom. The number of rotatable bonds is 7. The molecular weight excluding hydrogens is 358 g/mol. The lowest BCUT2D eigenvalue weighted by molar-refractivity contribution is -0.127. The van der Waals surface area contributed by atoms with Gasteiger partial charge in [-0.2, -0.15) is 0 Å². The van der Waals surface area contributed by atoms with Crippen LogP contribution in [0, 0.1) is 5.92 Å². The number of nitrogens with zero attached hydrogens (tertiary/aromatic N) is 1. The van der Waals surface area contributed by atoms with Crippen LogP contribution in [0.5, 0.6) is 0 Å². The quantitative estimate of drug-likeness (QED) is 0.673. The number of aliphatic hydroxyl groups excluding tert-OH is 1. The van der Waals surface area contributed by atoms with Crippen LogP contribution >= 0.6 is 0 Å². The van der Waals surface area contributed by atoms with E-state index in [1.54, 1.807) is 0 Å². The third-order valence-electron chi connectivity index (χ3n) is 5.47. The Kier molecular flexibility index (Phi) is 6.70. The third-order valence-corrected chi connectivity index (χ3v) is 5.47. The first-order valence-electron chi connectivity index (χ1n) is 9.81. The van der Waals surface area contributed by atoms with Gasteiger partial charge in [-0.05, 0) is 25.0 Å². The molecule has 1 aromatic heterocycles. The average molecular weight is 387 g/mol. The number of carbonyl (C=O) groups is 2. The van der Waals surface area contributed by atoms with Gasteiger partial charge >= 0.3 is 0 Å². The summed E-state index contributed by atoms with van der Waals surface area (Å²) >= 11 is 0. The highest BCUT2D eigenvalue weighted by atomic mass is 16.5. The maximum Gasteiger partial charge on any atom is 0.268 e. The Hall–Kier alpha value is -2.38. The minimum absolute atomic E-state index is 0.128. The number of ether oxygens (including phenoxy) is 1. The second kappa shape index (κ2) is 9.21. The molecule has 0 aliphatic heterocycles. The molecule has 1 aliphatic carbocycles. The van der Waals surface area contributed by atoms with Crippen molar-refractivity contribution >= 4 is 22.7 Å². The molecule has 2 aromatic rings. The van der Waals surface area contributed by atoms with Crippen molar-refractivity contribution < 1.29 is 19.4 Å². The molecule has 28 heavy (non-hydrogen) atoms. The van der Waals surface area contributed by atoms with Crippen molar-refractivity contribution in [2.24, 2.45) is 13.0 Å². The van der Waals surface area contributed by atoms with Gasteiger partial charge in [0.1, 0.15) is 5.69 Å². The molecule has 1 unspecified atom stereocenters. The van der Waals surface area contributed by atoms with Crippen LogP contribution in [0.25, 0.3) is 10.9 Å². The standard InChI is InChI=1S/C21H29N3O4/c1-24-18-10-6-3-7-14(18)11-19(24)21(27)23-17-9-5-4-8-16(17)20(26)22-12-15(25)13-28-2/h3,6-7,10-11,15-17,25H,4-5,8-9,12-13H2,1-2H3,(H,22,26)(H,23,27)/t15?,16-,17+/m1/s1. The third kappa shape index (κ3) is 4.54. The molecule has 0 saturated heterocycles. The molecule has 1 aromatic carbocycles. The number of carbonyl (C=O) groups excluding carboxylic acids is 2. The first-order valence-corrected chi connectivity index (χ1v) is 9.81. The maximum absolute atomic E-state index is 12.9. The summed E-state index contributed by atoms with van der Waals surface area (Å²) in [5, 5.41) is 16.6. The molecule has 0 spiro atoms. The van der Waals surface area contributed by atoms with E-state index in [1.165, 1.54) is 7.11 Å². The number of methoxy groups -OCH3 is 1. The van der Waals surface area contributed by atoms with Crippen LogP contribution in [0.4, 0.5) is 0 Å². The van der Waals surface area contributed by atoms with Gasteiger partial charge in [0.25, 0.3) is 5.91 Å². The van der Waals surface area contributed by atoms with Crippen molar-refractivity contribution in [1.29, 1.82) is 0 Å². The van der Waals surface area contributed by atoms with Gasteiger partial charge in [-0.15, -0.1) is 0 Å². The Bertz CT molecular complexity index is 832. The highest BCUT2D eigenvalue weighted by Crippen LogP contribution is 2.26. The number of hydrogen-bond acceptors (Lipinski definition) is 4. The average Bonchev–Trinajstić information content (AvgIpc) is 3.04. The number of aliphatic hydroxyl groups is 1. The predicted octanol–water partition coefficient (Wildman–Crippen LogP) is 1.59. The summed E-state index contributed by atoms with van der Waals surface area (Å²) in [6.07, 6.45) is 2.71. The number of para-hydroxylation sites is 1.